The normalized spacial score (nSPS) is 10.1. The van der Waals surface area contributed by atoms with Crippen molar-refractivity contribution in [3.63, 3.8) is 0 Å². The number of hydrogen-bond donors (Lipinski definition) is 1. The smallest absolute Gasteiger partial charge is 0.339 e. The van der Waals surface area contributed by atoms with E-state index in [9.17, 15) is 14.7 Å². The molecule has 1 aromatic carbocycles. The summed E-state index contributed by atoms with van der Waals surface area (Å²) in [4.78, 5) is 22.3. The van der Waals surface area contributed by atoms with Crippen LogP contribution in [0.3, 0.4) is 0 Å². The Bertz CT molecular complexity index is 517. The van der Waals surface area contributed by atoms with Gasteiger partial charge in [-0.3, -0.25) is 4.79 Å². The van der Waals surface area contributed by atoms with Gasteiger partial charge in [0.15, 0.2) is 0 Å². The number of rotatable bonds is 3. The summed E-state index contributed by atoms with van der Waals surface area (Å²) in [5.74, 6) is -0.931. The second kappa shape index (κ2) is 5.08. The summed E-state index contributed by atoms with van der Waals surface area (Å²) in [6.07, 6.45) is 0. The Morgan fingerprint density at radius 1 is 1.00 bits per heavy atom. The zero-order chi connectivity index (χ0) is 14.0. The van der Waals surface area contributed by atoms with Crippen molar-refractivity contribution < 1.29 is 24.2 Å². The van der Waals surface area contributed by atoms with Crippen LogP contribution in [0.1, 0.15) is 34.0 Å². The molecule has 0 spiro atoms. The lowest BCUT2D eigenvalue weighted by Crippen LogP contribution is -2.11. The zero-order valence-electron chi connectivity index (χ0n) is 11.1. The summed E-state index contributed by atoms with van der Waals surface area (Å²) in [5.41, 5.74) is 1.76. The minimum absolute atomic E-state index is 0.100. The Balaban J connectivity index is 3.64. The first-order chi connectivity index (χ1) is 8.31. The molecule has 0 aliphatic rings. The molecule has 1 N–H and O–H groups in total. The van der Waals surface area contributed by atoms with Gasteiger partial charge in [-0.25, -0.2) is 4.79 Å². The number of aromatic carboxylic acids is 1. The number of benzene rings is 1. The van der Waals surface area contributed by atoms with Crippen LogP contribution < -0.4 is 9.47 Å². The van der Waals surface area contributed by atoms with Crippen molar-refractivity contribution in [3.05, 3.63) is 22.3 Å². The molecular weight excluding hydrogens is 236 g/mol. The first-order valence-electron chi connectivity index (χ1n) is 5.40. The fraction of sp³-hybridized carbons (Fsp3) is 0.385. The van der Waals surface area contributed by atoms with Crippen molar-refractivity contribution in [2.45, 2.75) is 27.7 Å². The van der Waals surface area contributed by atoms with E-state index in [1.807, 2.05) is 0 Å². The van der Waals surface area contributed by atoms with Crippen LogP contribution in [0.4, 0.5) is 0 Å². The molecule has 5 nitrogen and oxygen atoms in total. The molecule has 0 saturated carbocycles. The fourth-order valence-corrected chi connectivity index (χ4v) is 1.91. The van der Waals surface area contributed by atoms with E-state index in [2.05, 4.69) is 0 Å². The van der Waals surface area contributed by atoms with E-state index in [0.29, 0.717) is 22.4 Å². The summed E-state index contributed by atoms with van der Waals surface area (Å²) in [7, 11) is 1.39. The molecule has 0 unspecified atom stereocenters. The van der Waals surface area contributed by atoms with Gasteiger partial charge in [-0.15, -0.1) is 0 Å². The molecule has 0 heterocycles. The van der Waals surface area contributed by atoms with Crippen LogP contribution in [0.15, 0.2) is 0 Å². The number of carboxylic acid groups (broad SMARTS) is 1. The van der Waals surface area contributed by atoms with Crippen molar-refractivity contribution in [3.8, 4) is 11.5 Å². The highest BCUT2D eigenvalue weighted by molar-refractivity contribution is 5.94. The largest absolute Gasteiger partial charge is 0.495 e. The van der Waals surface area contributed by atoms with Gasteiger partial charge in [0.25, 0.3) is 0 Å². The Labute approximate surface area is 105 Å². The lowest BCUT2D eigenvalue weighted by molar-refractivity contribution is -0.131. The first kappa shape index (κ1) is 14.0. The minimum Gasteiger partial charge on any atom is -0.495 e. The highest BCUT2D eigenvalue weighted by atomic mass is 16.5. The van der Waals surface area contributed by atoms with Gasteiger partial charge in [-0.2, -0.15) is 0 Å². The van der Waals surface area contributed by atoms with Crippen molar-refractivity contribution in [2.75, 3.05) is 7.11 Å². The molecule has 1 rings (SSSR count). The highest BCUT2D eigenvalue weighted by Crippen LogP contribution is 2.38. The molecule has 0 aromatic heterocycles. The Morgan fingerprint density at radius 2 is 1.56 bits per heavy atom. The molecule has 0 atom stereocenters. The van der Waals surface area contributed by atoms with Gasteiger partial charge in [0, 0.05) is 12.5 Å². The average molecular weight is 252 g/mol. The van der Waals surface area contributed by atoms with E-state index in [1.54, 1.807) is 20.8 Å². The Hall–Kier alpha value is -2.04. The maximum atomic E-state index is 11.3. The van der Waals surface area contributed by atoms with Crippen LogP contribution >= 0.6 is 0 Å². The minimum atomic E-state index is -1.06. The SMILES string of the molecule is COc1c(C)c(OC(C)=O)c(C)c(C)c1C(=O)O. The number of carboxylic acids is 1. The zero-order valence-corrected chi connectivity index (χ0v) is 11.1. The third kappa shape index (κ3) is 2.30. The van der Waals surface area contributed by atoms with Gasteiger partial charge in [0.2, 0.25) is 0 Å². The maximum absolute atomic E-state index is 11.3. The molecule has 1 aromatic rings. The lowest BCUT2D eigenvalue weighted by Gasteiger charge is -2.18. The quantitative estimate of drug-likeness (QED) is 0.659. The summed E-state index contributed by atoms with van der Waals surface area (Å²) in [5, 5.41) is 9.21. The van der Waals surface area contributed by atoms with Crippen molar-refractivity contribution in [1.82, 2.24) is 0 Å². The van der Waals surface area contributed by atoms with E-state index < -0.39 is 11.9 Å². The Kier molecular flexibility index (Phi) is 3.96. The highest BCUT2D eigenvalue weighted by Gasteiger charge is 2.24. The molecule has 0 amide bonds. The van der Waals surface area contributed by atoms with Gasteiger partial charge in [-0.05, 0) is 31.9 Å². The first-order valence-corrected chi connectivity index (χ1v) is 5.40. The van der Waals surface area contributed by atoms with Crippen molar-refractivity contribution in [1.29, 1.82) is 0 Å². The second-order valence-corrected chi connectivity index (χ2v) is 4.01. The van der Waals surface area contributed by atoms with Crippen LogP contribution in [-0.2, 0) is 4.79 Å². The third-order valence-electron chi connectivity index (χ3n) is 2.85. The second-order valence-electron chi connectivity index (χ2n) is 4.01. The van der Waals surface area contributed by atoms with Crippen LogP contribution in [0.25, 0.3) is 0 Å². The predicted molar refractivity (Wildman–Crippen MR) is 65.5 cm³/mol. The summed E-state index contributed by atoms with van der Waals surface area (Å²) >= 11 is 0. The lowest BCUT2D eigenvalue weighted by atomic mass is 9.97. The number of methoxy groups -OCH3 is 1. The number of esters is 1. The average Bonchev–Trinajstić information content (AvgIpc) is 2.28. The van der Waals surface area contributed by atoms with E-state index in [1.165, 1.54) is 14.0 Å². The molecule has 0 aliphatic carbocycles. The molecule has 18 heavy (non-hydrogen) atoms. The van der Waals surface area contributed by atoms with Crippen LogP contribution in [-0.4, -0.2) is 24.2 Å². The molecule has 0 bridgehead atoms. The molecular formula is C13H16O5. The molecule has 0 fully saturated rings. The maximum Gasteiger partial charge on any atom is 0.339 e. The number of carbonyl (C=O) groups is 2. The summed E-state index contributed by atoms with van der Waals surface area (Å²) < 4.78 is 10.2. The molecule has 0 saturated heterocycles. The fourth-order valence-electron chi connectivity index (χ4n) is 1.91. The summed E-state index contributed by atoms with van der Waals surface area (Å²) in [6.45, 7) is 6.34. The van der Waals surface area contributed by atoms with E-state index in [0.717, 1.165) is 0 Å². The van der Waals surface area contributed by atoms with Gasteiger partial charge in [0.1, 0.15) is 17.1 Å². The summed E-state index contributed by atoms with van der Waals surface area (Å²) in [6, 6.07) is 0. The monoisotopic (exact) mass is 252 g/mol. The van der Waals surface area contributed by atoms with Crippen molar-refractivity contribution >= 4 is 11.9 Å². The topological polar surface area (TPSA) is 72.8 Å². The van der Waals surface area contributed by atoms with Crippen LogP contribution in [0.2, 0.25) is 0 Å². The van der Waals surface area contributed by atoms with E-state index in [-0.39, 0.29) is 11.3 Å². The van der Waals surface area contributed by atoms with Gasteiger partial charge in [-0.1, -0.05) is 0 Å². The standard InChI is InChI=1S/C13H16O5/c1-6-7(2)11(18-9(4)14)8(3)12(17-5)10(6)13(15)16/h1-5H3,(H,15,16). The van der Waals surface area contributed by atoms with Gasteiger partial charge >= 0.3 is 11.9 Å². The van der Waals surface area contributed by atoms with Gasteiger partial charge < -0.3 is 14.6 Å². The number of hydrogen-bond acceptors (Lipinski definition) is 4. The van der Waals surface area contributed by atoms with E-state index >= 15 is 0 Å². The predicted octanol–water partition coefficient (Wildman–Crippen LogP) is 2.24. The Morgan fingerprint density at radius 3 is 1.94 bits per heavy atom. The van der Waals surface area contributed by atoms with Crippen LogP contribution in [0, 0.1) is 20.8 Å². The molecule has 0 radical (unpaired) electrons. The molecule has 0 aliphatic heterocycles. The van der Waals surface area contributed by atoms with Crippen molar-refractivity contribution in [2.24, 2.45) is 0 Å². The molecule has 98 valence electrons. The third-order valence-corrected chi connectivity index (χ3v) is 2.85. The van der Waals surface area contributed by atoms with E-state index in [4.69, 9.17) is 9.47 Å². The van der Waals surface area contributed by atoms with Gasteiger partial charge in [0.05, 0.1) is 7.11 Å². The number of ether oxygens (including phenoxy) is 2. The number of carbonyl (C=O) groups excluding carboxylic acids is 1. The van der Waals surface area contributed by atoms with Crippen LogP contribution in [0.5, 0.6) is 11.5 Å². The molecule has 5 heteroatoms.